The van der Waals surface area contributed by atoms with Crippen LogP contribution in [0.25, 0.3) is 0 Å². The average Bonchev–Trinajstić information content (AvgIpc) is 2.49. The smallest absolute Gasteiger partial charge is 0.227 e. The van der Waals surface area contributed by atoms with E-state index in [2.05, 4.69) is 11.4 Å². The second-order valence-electron chi connectivity index (χ2n) is 5.41. The summed E-state index contributed by atoms with van der Waals surface area (Å²) in [6, 6.07) is 9.56. The standard InChI is InChI=1S/C16H21N3O/c17-10-9-12-5-7-14(8-6-12)19-16(20)15-4-2-1-3-13(15)11-18/h5-8,13,15H,1-4,9,11,18H2,(H,19,20). The molecule has 0 aromatic heterocycles. The molecule has 4 nitrogen and oxygen atoms in total. The summed E-state index contributed by atoms with van der Waals surface area (Å²) in [5.41, 5.74) is 7.52. The zero-order valence-corrected chi connectivity index (χ0v) is 11.6. The fraction of sp³-hybridized carbons (Fsp3) is 0.500. The second-order valence-corrected chi connectivity index (χ2v) is 5.41. The molecule has 0 bridgehead atoms. The van der Waals surface area contributed by atoms with E-state index in [1.54, 1.807) is 0 Å². The molecule has 1 amide bonds. The number of amides is 1. The van der Waals surface area contributed by atoms with Crippen LogP contribution < -0.4 is 11.1 Å². The molecule has 0 spiro atoms. The van der Waals surface area contributed by atoms with E-state index in [1.165, 1.54) is 6.42 Å². The van der Waals surface area contributed by atoms with E-state index in [4.69, 9.17) is 11.0 Å². The average molecular weight is 271 g/mol. The lowest BCUT2D eigenvalue weighted by Gasteiger charge is -2.29. The summed E-state index contributed by atoms with van der Waals surface area (Å²) in [6.07, 6.45) is 4.66. The van der Waals surface area contributed by atoms with Crippen LogP contribution in [-0.4, -0.2) is 12.5 Å². The van der Waals surface area contributed by atoms with Crippen LogP contribution in [0.15, 0.2) is 24.3 Å². The molecule has 1 aliphatic carbocycles. The van der Waals surface area contributed by atoms with Crippen molar-refractivity contribution in [3.63, 3.8) is 0 Å². The highest BCUT2D eigenvalue weighted by Crippen LogP contribution is 2.30. The predicted molar refractivity (Wildman–Crippen MR) is 78.9 cm³/mol. The van der Waals surface area contributed by atoms with Gasteiger partial charge in [0.2, 0.25) is 5.91 Å². The molecule has 0 saturated heterocycles. The molecule has 0 radical (unpaired) electrons. The zero-order valence-electron chi connectivity index (χ0n) is 11.6. The van der Waals surface area contributed by atoms with E-state index in [9.17, 15) is 4.79 Å². The maximum atomic E-state index is 12.3. The Hall–Kier alpha value is -1.86. The van der Waals surface area contributed by atoms with E-state index in [0.29, 0.717) is 18.9 Å². The number of nitriles is 1. The van der Waals surface area contributed by atoms with Gasteiger partial charge >= 0.3 is 0 Å². The molecule has 1 saturated carbocycles. The summed E-state index contributed by atoms with van der Waals surface area (Å²) in [7, 11) is 0. The maximum absolute atomic E-state index is 12.3. The van der Waals surface area contributed by atoms with Gasteiger partial charge < -0.3 is 11.1 Å². The number of nitrogens with one attached hydrogen (secondary N) is 1. The molecule has 3 N–H and O–H groups in total. The number of rotatable bonds is 4. The minimum Gasteiger partial charge on any atom is -0.330 e. The van der Waals surface area contributed by atoms with Gasteiger partial charge in [0.1, 0.15) is 0 Å². The number of carbonyl (C=O) groups is 1. The third kappa shape index (κ3) is 3.58. The highest BCUT2D eigenvalue weighted by Gasteiger charge is 2.29. The normalized spacial score (nSPS) is 22.0. The highest BCUT2D eigenvalue weighted by molar-refractivity contribution is 5.92. The van der Waals surface area contributed by atoms with E-state index in [-0.39, 0.29) is 11.8 Å². The van der Waals surface area contributed by atoms with Crippen molar-refractivity contribution in [3.8, 4) is 6.07 Å². The van der Waals surface area contributed by atoms with Crippen molar-refractivity contribution in [2.24, 2.45) is 17.6 Å². The Morgan fingerprint density at radius 3 is 2.65 bits per heavy atom. The molecule has 4 heteroatoms. The Bertz CT molecular complexity index is 489. The first-order chi connectivity index (χ1) is 9.74. The van der Waals surface area contributed by atoms with Crippen LogP contribution >= 0.6 is 0 Å². The summed E-state index contributed by atoms with van der Waals surface area (Å²) in [4.78, 5) is 12.3. The predicted octanol–water partition coefficient (Wildman–Crippen LogP) is 2.46. The van der Waals surface area contributed by atoms with Gasteiger partial charge in [-0.1, -0.05) is 25.0 Å². The van der Waals surface area contributed by atoms with Crippen molar-refractivity contribution in [2.75, 3.05) is 11.9 Å². The summed E-state index contributed by atoms with van der Waals surface area (Å²) in [5.74, 6) is 0.419. The van der Waals surface area contributed by atoms with Crippen LogP contribution in [0.4, 0.5) is 5.69 Å². The minimum absolute atomic E-state index is 0.0348. The van der Waals surface area contributed by atoms with Gasteiger partial charge in [0, 0.05) is 11.6 Å². The number of hydrogen-bond acceptors (Lipinski definition) is 3. The van der Waals surface area contributed by atoms with Gasteiger partial charge in [-0.3, -0.25) is 4.79 Å². The molecule has 1 aliphatic rings. The van der Waals surface area contributed by atoms with Gasteiger partial charge in [-0.2, -0.15) is 5.26 Å². The third-order valence-electron chi connectivity index (χ3n) is 4.05. The number of nitrogens with zero attached hydrogens (tertiary/aromatic N) is 1. The molecule has 2 atom stereocenters. The van der Waals surface area contributed by atoms with Gasteiger partial charge in [-0.25, -0.2) is 0 Å². The number of anilines is 1. The van der Waals surface area contributed by atoms with Crippen molar-refractivity contribution in [3.05, 3.63) is 29.8 Å². The maximum Gasteiger partial charge on any atom is 0.227 e. The molecule has 2 rings (SSSR count). The van der Waals surface area contributed by atoms with Crippen LogP contribution in [0.5, 0.6) is 0 Å². The van der Waals surface area contributed by atoms with Gasteiger partial charge in [0.15, 0.2) is 0 Å². The highest BCUT2D eigenvalue weighted by atomic mass is 16.1. The second kappa shape index (κ2) is 7.06. The van der Waals surface area contributed by atoms with Crippen LogP contribution in [0.1, 0.15) is 31.2 Å². The summed E-state index contributed by atoms with van der Waals surface area (Å²) >= 11 is 0. The third-order valence-corrected chi connectivity index (χ3v) is 4.05. The van der Waals surface area contributed by atoms with E-state index in [1.807, 2.05) is 24.3 Å². The minimum atomic E-state index is 0.0348. The Balaban J connectivity index is 1.98. The quantitative estimate of drug-likeness (QED) is 0.882. The molecule has 2 unspecified atom stereocenters. The SMILES string of the molecule is N#CCc1ccc(NC(=O)C2CCCCC2CN)cc1. The molecule has 20 heavy (non-hydrogen) atoms. The number of benzene rings is 1. The van der Waals surface area contributed by atoms with Gasteiger partial charge in [-0.15, -0.1) is 0 Å². The number of hydrogen-bond donors (Lipinski definition) is 2. The first-order valence-corrected chi connectivity index (χ1v) is 7.21. The largest absolute Gasteiger partial charge is 0.330 e. The summed E-state index contributed by atoms with van der Waals surface area (Å²) in [5, 5.41) is 11.6. The molecule has 1 aromatic rings. The lowest BCUT2D eigenvalue weighted by atomic mass is 9.78. The van der Waals surface area contributed by atoms with E-state index in [0.717, 1.165) is 30.5 Å². The van der Waals surface area contributed by atoms with Crippen LogP contribution in [0.3, 0.4) is 0 Å². The molecule has 0 aliphatic heterocycles. The van der Waals surface area contributed by atoms with Crippen molar-refractivity contribution in [1.29, 1.82) is 5.26 Å². The van der Waals surface area contributed by atoms with Crippen molar-refractivity contribution in [2.45, 2.75) is 32.1 Å². The van der Waals surface area contributed by atoms with Crippen LogP contribution in [-0.2, 0) is 11.2 Å². The summed E-state index contributed by atoms with van der Waals surface area (Å²) in [6.45, 7) is 0.583. The molecule has 0 heterocycles. The zero-order chi connectivity index (χ0) is 14.4. The number of nitrogens with two attached hydrogens (primary N) is 1. The van der Waals surface area contributed by atoms with Crippen LogP contribution in [0, 0.1) is 23.2 Å². The van der Waals surface area contributed by atoms with Gasteiger partial charge in [0.05, 0.1) is 12.5 Å². The van der Waals surface area contributed by atoms with E-state index < -0.39 is 0 Å². The Kier molecular flexibility index (Phi) is 5.14. The lowest BCUT2D eigenvalue weighted by molar-refractivity contribution is -0.122. The van der Waals surface area contributed by atoms with E-state index >= 15 is 0 Å². The molecule has 1 fully saturated rings. The van der Waals surface area contributed by atoms with Crippen molar-refractivity contribution >= 4 is 11.6 Å². The first-order valence-electron chi connectivity index (χ1n) is 7.21. The molecular formula is C16H21N3O. The lowest BCUT2D eigenvalue weighted by Crippen LogP contribution is -2.35. The fourth-order valence-electron chi connectivity index (χ4n) is 2.87. The topological polar surface area (TPSA) is 78.9 Å². The Labute approximate surface area is 120 Å². The van der Waals surface area contributed by atoms with Crippen molar-refractivity contribution in [1.82, 2.24) is 0 Å². The molecular weight excluding hydrogens is 250 g/mol. The van der Waals surface area contributed by atoms with Gasteiger partial charge in [-0.05, 0) is 43.0 Å². The monoisotopic (exact) mass is 271 g/mol. The molecule has 1 aromatic carbocycles. The van der Waals surface area contributed by atoms with Crippen molar-refractivity contribution < 1.29 is 4.79 Å². The van der Waals surface area contributed by atoms with Gasteiger partial charge in [0.25, 0.3) is 0 Å². The Morgan fingerprint density at radius 2 is 2.00 bits per heavy atom. The fourth-order valence-corrected chi connectivity index (χ4v) is 2.87. The number of carbonyl (C=O) groups excluding carboxylic acids is 1. The summed E-state index contributed by atoms with van der Waals surface area (Å²) < 4.78 is 0. The molecule has 106 valence electrons. The van der Waals surface area contributed by atoms with Crippen LogP contribution in [0.2, 0.25) is 0 Å². The Morgan fingerprint density at radius 1 is 1.30 bits per heavy atom. The first kappa shape index (κ1) is 14.5.